The molecule has 0 aromatic carbocycles. The predicted molar refractivity (Wildman–Crippen MR) is 51.1 cm³/mol. The molecule has 0 aliphatic rings. The number of halogens is 3. The molecule has 8 heteroatoms. The molecule has 2 unspecified atom stereocenters. The Morgan fingerprint density at radius 1 is 1.57 bits per heavy atom. The van der Waals surface area contributed by atoms with Crippen LogP contribution < -0.4 is 5.50 Å². The Kier molecular flexibility index (Phi) is 5.51. The predicted octanol–water partition coefficient (Wildman–Crippen LogP) is 3.16. The first-order chi connectivity index (χ1) is 6.16. The summed E-state index contributed by atoms with van der Waals surface area (Å²) < 4.78 is 50.5. The van der Waals surface area contributed by atoms with Gasteiger partial charge >= 0.3 is 12.9 Å². The fourth-order valence-corrected chi connectivity index (χ4v) is 3.85. The molecule has 2 N–H and O–H groups in total. The van der Waals surface area contributed by atoms with Crippen molar-refractivity contribution in [2.75, 3.05) is 6.61 Å². The number of hydrogen-bond donors (Lipinski definition) is 1. The maximum Gasteiger partial charge on any atom is 0.412 e. The van der Waals surface area contributed by atoms with Gasteiger partial charge < -0.3 is 4.52 Å². The van der Waals surface area contributed by atoms with Gasteiger partial charge in [0.15, 0.2) is 6.61 Å². The highest BCUT2D eigenvalue weighted by molar-refractivity contribution is 8.56. The van der Waals surface area contributed by atoms with E-state index in [2.05, 4.69) is 4.52 Å². The highest BCUT2D eigenvalue weighted by atomic mass is 32.7. The van der Waals surface area contributed by atoms with Crippen molar-refractivity contribution >= 4 is 18.1 Å². The van der Waals surface area contributed by atoms with E-state index in [4.69, 9.17) is 5.50 Å². The Hall–Kier alpha value is 0.290. The Balaban J connectivity index is 4.02. The second-order valence-electron chi connectivity index (χ2n) is 2.75. The third kappa shape index (κ3) is 7.67. The summed E-state index contributed by atoms with van der Waals surface area (Å²) in [7, 11) is 0. The van der Waals surface area contributed by atoms with Crippen LogP contribution in [0.1, 0.15) is 20.3 Å². The van der Waals surface area contributed by atoms with Crippen LogP contribution in [0.15, 0.2) is 0 Å². The molecule has 0 amide bonds. The molecule has 0 radical (unpaired) electrons. The molecule has 0 spiro atoms. The quantitative estimate of drug-likeness (QED) is 0.762. The summed E-state index contributed by atoms with van der Waals surface area (Å²) in [6, 6.07) is 0. The summed E-state index contributed by atoms with van der Waals surface area (Å²) in [4.78, 5) is 0. The lowest BCUT2D eigenvalue weighted by atomic mass is 10.4. The van der Waals surface area contributed by atoms with Crippen LogP contribution in [0.4, 0.5) is 13.2 Å². The maximum atomic E-state index is 11.7. The minimum atomic E-state index is -4.49. The SMILES string of the molecule is CCC(C)SP(N)(=O)OCC(F)(F)F. The van der Waals surface area contributed by atoms with E-state index in [-0.39, 0.29) is 5.25 Å². The average molecular weight is 251 g/mol. The van der Waals surface area contributed by atoms with Crippen molar-refractivity contribution in [2.24, 2.45) is 5.50 Å². The van der Waals surface area contributed by atoms with Crippen LogP contribution >= 0.6 is 18.1 Å². The van der Waals surface area contributed by atoms with Crippen molar-refractivity contribution < 1.29 is 22.3 Å². The smallest absolute Gasteiger partial charge is 0.300 e. The molecule has 0 saturated heterocycles. The monoisotopic (exact) mass is 251 g/mol. The van der Waals surface area contributed by atoms with E-state index < -0.39 is 19.5 Å². The fourth-order valence-electron chi connectivity index (χ4n) is 0.519. The average Bonchev–Trinajstić information content (AvgIpc) is 1.99. The highest BCUT2D eigenvalue weighted by Crippen LogP contribution is 2.55. The second-order valence-corrected chi connectivity index (χ2v) is 7.27. The molecule has 86 valence electrons. The molecule has 0 aromatic heterocycles. The second kappa shape index (κ2) is 5.39. The van der Waals surface area contributed by atoms with Gasteiger partial charge in [0.05, 0.1) is 0 Å². The zero-order valence-corrected chi connectivity index (χ0v) is 9.59. The lowest BCUT2D eigenvalue weighted by Gasteiger charge is -2.16. The van der Waals surface area contributed by atoms with Crippen LogP contribution in [0.2, 0.25) is 0 Å². The first kappa shape index (κ1) is 14.3. The Morgan fingerprint density at radius 3 is 2.43 bits per heavy atom. The first-order valence-electron chi connectivity index (χ1n) is 3.94. The Bertz CT molecular complexity index is 224. The van der Waals surface area contributed by atoms with Crippen molar-refractivity contribution in [3.63, 3.8) is 0 Å². The van der Waals surface area contributed by atoms with E-state index in [0.717, 1.165) is 11.4 Å². The van der Waals surface area contributed by atoms with Gasteiger partial charge in [0, 0.05) is 5.25 Å². The van der Waals surface area contributed by atoms with E-state index >= 15 is 0 Å². The Labute approximate surface area is 84.8 Å². The van der Waals surface area contributed by atoms with Gasteiger partial charge in [0.2, 0.25) is 0 Å². The van der Waals surface area contributed by atoms with Crippen LogP contribution in [-0.2, 0) is 9.09 Å². The number of alkyl halides is 3. The largest absolute Gasteiger partial charge is 0.412 e. The van der Waals surface area contributed by atoms with Gasteiger partial charge in [-0.25, -0.2) is 0 Å². The summed E-state index contributed by atoms with van der Waals surface area (Å²) in [6.45, 7) is -1.69. The molecular formula is C6H13F3NO2PS. The van der Waals surface area contributed by atoms with Crippen molar-refractivity contribution in [1.29, 1.82) is 0 Å². The minimum absolute atomic E-state index is 0.0842. The fraction of sp³-hybridized carbons (Fsp3) is 1.00. The van der Waals surface area contributed by atoms with E-state index in [9.17, 15) is 17.7 Å². The number of nitrogens with two attached hydrogens (primary N) is 1. The topological polar surface area (TPSA) is 52.3 Å². The standard InChI is InChI=1S/C6H13F3NO2PS/c1-3-5(2)14-13(10,11)12-4-6(7,8)9/h5H,3-4H2,1-2H3,(H2,10,11). The normalized spacial score (nSPS) is 19.0. The van der Waals surface area contributed by atoms with E-state index in [1.54, 1.807) is 6.92 Å². The molecule has 0 aliphatic heterocycles. The van der Waals surface area contributed by atoms with Crippen LogP contribution in [0.3, 0.4) is 0 Å². The van der Waals surface area contributed by atoms with Crippen LogP contribution in [0, 0.1) is 0 Å². The molecule has 14 heavy (non-hydrogen) atoms. The van der Waals surface area contributed by atoms with Crippen molar-refractivity contribution in [3.05, 3.63) is 0 Å². The molecule has 0 saturated carbocycles. The molecule has 0 bridgehead atoms. The summed E-state index contributed by atoms with van der Waals surface area (Å²) in [5.74, 6) is 0. The molecular weight excluding hydrogens is 238 g/mol. The molecule has 2 atom stereocenters. The van der Waals surface area contributed by atoms with E-state index in [0.29, 0.717) is 6.42 Å². The Morgan fingerprint density at radius 2 is 2.07 bits per heavy atom. The lowest BCUT2D eigenvalue weighted by Crippen LogP contribution is -2.17. The third-order valence-corrected chi connectivity index (χ3v) is 5.06. The summed E-state index contributed by atoms with van der Waals surface area (Å²) in [5.41, 5.74) is 5.10. The minimum Gasteiger partial charge on any atom is -0.300 e. The highest BCUT2D eigenvalue weighted by Gasteiger charge is 2.32. The molecule has 3 nitrogen and oxygen atoms in total. The lowest BCUT2D eigenvalue weighted by molar-refractivity contribution is -0.152. The van der Waals surface area contributed by atoms with Gasteiger partial charge in [-0.2, -0.15) is 13.2 Å². The first-order valence-corrected chi connectivity index (χ1v) is 7.12. The third-order valence-electron chi connectivity index (χ3n) is 1.31. The number of rotatable bonds is 5. The number of hydrogen-bond acceptors (Lipinski definition) is 3. The maximum absolute atomic E-state index is 11.7. The van der Waals surface area contributed by atoms with Gasteiger partial charge in [0.1, 0.15) is 0 Å². The van der Waals surface area contributed by atoms with Gasteiger partial charge in [-0.15, -0.1) is 0 Å². The summed E-state index contributed by atoms with van der Waals surface area (Å²) in [6.07, 6.45) is -3.83. The van der Waals surface area contributed by atoms with Gasteiger partial charge in [-0.3, -0.25) is 10.1 Å². The molecule has 0 aromatic rings. The molecule has 0 heterocycles. The van der Waals surface area contributed by atoms with Crippen molar-refractivity contribution in [2.45, 2.75) is 31.7 Å². The van der Waals surface area contributed by atoms with Crippen molar-refractivity contribution in [1.82, 2.24) is 0 Å². The van der Waals surface area contributed by atoms with E-state index in [1.165, 1.54) is 0 Å². The van der Waals surface area contributed by atoms with Crippen LogP contribution in [0.25, 0.3) is 0 Å². The van der Waals surface area contributed by atoms with Gasteiger partial charge in [0.25, 0.3) is 0 Å². The zero-order chi connectivity index (χ0) is 11.4. The van der Waals surface area contributed by atoms with Crippen molar-refractivity contribution in [3.8, 4) is 0 Å². The van der Waals surface area contributed by atoms with Crippen LogP contribution in [-0.4, -0.2) is 18.0 Å². The molecule has 0 rings (SSSR count). The van der Waals surface area contributed by atoms with Gasteiger partial charge in [-0.05, 0) is 6.42 Å². The van der Waals surface area contributed by atoms with E-state index in [1.807, 2.05) is 6.92 Å². The van der Waals surface area contributed by atoms with Gasteiger partial charge in [-0.1, -0.05) is 25.2 Å². The van der Waals surface area contributed by atoms with Crippen LogP contribution in [0.5, 0.6) is 0 Å². The summed E-state index contributed by atoms with van der Waals surface area (Å²) in [5, 5.41) is -0.0842. The zero-order valence-electron chi connectivity index (χ0n) is 7.87. The summed E-state index contributed by atoms with van der Waals surface area (Å²) >= 11 is 0.754. The molecule has 0 fully saturated rings. The molecule has 0 aliphatic carbocycles.